The molecule has 0 atom stereocenters. The number of hydrogen-bond acceptors (Lipinski definition) is 2. The average Bonchev–Trinajstić information content (AvgIpc) is 2.15. The van der Waals surface area contributed by atoms with Crippen molar-refractivity contribution in [2.45, 2.75) is 34.6 Å². The van der Waals surface area contributed by atoms with Crippen molar-refractivity contribution >= 4 is 12.1 Å². The van der Waals surface area contributed by atoms with E-state index in [-0.39, 0.29) is 5.78 Å². The molecule has 0 spiro atoms. The molecule has 1 aromatic rings. The molecule has 0 fully saturated rings. The smallest absolute Gasteiger partial charge is 0.160 e. The van der Waals surface area contributed by atoms with E-state index in [4.69, 9.17) is 0 Å². The summed E-state index contributed by atoms with van der Waals surface area (Å²) in [7, 11) is 0. The van der Waals surface area contributed by atoms with Gasteiger partial charge in [-0.1, -0.05) is 0 Å². The zero-order chi connectivity index (χ0) is 11.7. The summed E-state index contributed by atoms with van der Waals surface area (Å²) in [6.07, 6.45) is 0.837. The van der Waals surface area contributed by atoms with Crippen LogP contribution >= 0.6 is 0 Å². The minimum Gasteiger partial charge on any atom is -0.298 e. The van der Waals surface area contributed by atoms with Gasteiger partial charge in [-0.3, -0.25) is 9.59 Å². The first-order valence-corrected chi connectivity index (χ1v) is 4.98. The summed E-state index contributed by atoms with van der Waals surface area (Å²) in [6.45, 7) is 9.17. The van der Waals surface area contributed by atoms with Crippen molar-refractivity contribution in [1.29, 1.82) is 0 Å². The van der Waals surface area contributed by atoms with Gasteiger partial charge >= 0.3 is 0 Å². The first-order chi connectivity index (χ1) is 6.91. The predicted octanol–water partition coefficient (Wildman–Crippen LogP) is 2.94. The molecule has 0 saturated heterocycles. The molecule has 15 heavy (non-hydrogen) atoms. The van der Waals surface area contributed by atoms with E-state index >= 15 is 0 Å². The number of carbonyl (C=O) groups is 2. The Balaban J connectivity index is 3.75. The lowest BCUT2D eigenvalue weighted by atomic mass is 9.88. The Kier molecular flexibility index (Phi) is 3.08. The largest absolute Gasteiger partial charge is 0.298 e. The number of Topliss-reactive ketones (excluding diaryl/α,β-unsaturated/α-hetero) is 1. The lowest BCUT2D eigenvalue weighted by Crippen LogP contribution is -2.08. The fourth-order valence-corrected chi connectivity index (χ4v) is 2.07. The Morgan fingerprint density at radius 2 is 1.47 bits per heavy atom. The molecule has 0 radical (unpaired) electrons. The Labute approximate surface area is 90.3 Å². The van der Waals surface area contributed by atoms with Gasteiger partial charge in [0, 0.05) is 11.1 Å². The van der Waals surface area contributed by atoms with Gasteiger partial charge in [-0.25, -0.2) is 0 Å². The fourth-order valence-electron chi connectivity index (χ4n) is 2.07. The Morgan fingerprint density at radius 3 is 1.87 bits per heavy atom. The topological polar surface area (TPSA) is 34.1 Å². The van der Waals surface area contributed by atoms with Crippen LogP contribution in [0.15, 0.2) is 0 Å². The maximum Gasteiger partial charge on any atom is 0.160 e. The fraction of sp³-hybridized carbons (Fsp3) is 0.385. The van der Waals surface area contributed by atoms with Gasteiger partial charge < -0.3 is 0 Å². The quantitative estimate of drug-likeness (QED) is 0.548. The molecule has 2 nitrogen and oxygen atoms in total. The molecule has 1 aromatic carbocycles. The minimum absolute atomic E-state index is 0.0243. The average molecular weight is 204 g/mol. The molecule has 0 amide bonds. The summed E-state index contributed by atoms with van der Waals surface area (Å²) < 4.78 is 0. The summed E-state index contributed by atoms with van der Waals surface area (Å²) in [6, 6.07) is 0. The van der Waals surface area contributed by atoms with Crippen molar-refractivity contribution in [2.75, 3.05) is 0 Å². The molecule has 0 N–H and O–H groups in total. The van der Waals surface area contributed by atoms with Gasteiger partial charge in [-0.15, -0.1) is 0 Å². The SMILES string of the molecule is CC(=O)c1c(C)c(C)c(C)c(C=O)c1C. The molecule has 1 rings (SSSR count). The van der Waals surface area contributed by atoms with Crippen molar-refractivity contribution in [2.24, 2.45) is 0 Å². The molecular weight excluding hydrogens is 188 g/mol. The molecular formula is C13H16O2. The Hall–Kier alpha value is -1.44. The molecule has 2 heteroatoms. The lowest BCUT2D eigenvalue weighted by Gasteiger charge is -2.15. The zero-order valence-corrected chi connectivity index (χ0v) is 9.89. The van der Waals surface area contributed by atoms with Crippen LogP contribution in [0, 0.1) is 27.7 Å². The van der Waals surface area contributed by atoms with Crippen LogP contribution < -0.4 is 0 Å². The zero-order valence-electron chi connectivity index (χ0n) is 9.89. The van der Waals surface area contributed by atoms with E-state index in [1.807, 2.05) is 27.7 Å². The normalized spacial score (nSPS) is 10.2. The van der Waals surface area contributed by atoms with E-state index in [0.717, 1.165) is 28.5 Å². The second kappa shape index (κ2) is 3.97. The Bertz CT molecular complexity index is 443. The van der Waals surface area contributed by atoms with Crippen molar-refractivity contribution < 1.29 is 9.59 Å². The monoisotopic (exact) mass is 204 g/mol. The van der Waals surface area contributed by atoms with E-state index in [1.54, 1.807) is 6.92 Å². The van der Waals surface area contributed by atoms with Crippen LogP contribution in [-0.2, 0) is 0 Å². The number of ketones is 1. The van der Waals surface area contributed by atoms with Crippen LogP contribution in [0.5, 0.6) is 0 Å². The highest BCUT2D eigenvalue weighted by atomic mass is 16.1. The highest BCUT2D eigenvalue weighted by Gasteiger charge is 2.16. The second-order valence-electron chi connectivity index (χ2n) is 3.96. The summed E-state index contributed by atoms with van der Waals surface area (Å²) in [5, 5.41) is 0. The van der Waals surface area contributed by atoms with E-state index in [2.05, 4.69) is 0 Å². The summed E-state index contributed by atoms with van der Waals surface area (Å²) in [5.74, 6) is 0.0243. The maximum atomic E-state index is 11.5. The number of carbonyl (C=O) groups excluding carboxylic acids is 2. The molecule has 0 aliphatic rings. The highest BCUT2D eigenvalue weighted by molar-refractivity contribution is 6.00. The standard InChI is InChI=1S/C13H16O2/c1-7-8(2)12(6-14)10(4)13(9(7)3)11(5)15/h6H,1-5H3. The summed E-state index contributed by atoms with van der Waals surface area (Å²) in [5.41, 5.74) is 5.16. The molecule has 0 unspecified atom stereocenters. The van der Waals surface area contributed by atoms with Crippen LogP contribution in [0.1, 0.15) is 49.9 Å². The van der Waals surface area contributed by atoms with Gasteiger partial charge in [0.2, 0.25) is 0 Å². The molecule has 0 aliphatic carbocycles. The van der Waals surface area contributed by atoms with E-state index in [1.165, 1.54) is 0 Å². The van der Waals surface area contributed by atoms with E-state index < -0.39 is 0 Å². The second-order valence-corrected chi connectivity index (χ2v) is 3.96. The van der Waals surface area contributed by atoms with Gasteiger partial charge in [0.1, 0.15) is 0 Å². The molecule has 0 aromatic heterocycles. The summed E-state index contributed by atoms with van der Waals surface area (Å²) in [4.78, 5) is 22.5. The van der Waals surface area contributed by atoms with Crippen molar-refractivity contribution in [3.05, 3.63) is 33.4 Å². The number of hydrogen-bond donors (Lipinski definition) is 0. The van der Waals surface area contributed by atoms with Crippen LogP contribution in [-0.4, -0.2) is 12.1 Å². The van der Waals surface area contributed by atoms with Crippen LogP contribution in [0.4, 0.5) is 0 Å². The number of benzene rings is 1. The van der Waals surface area contributed by atoms with E-state index in [0.29, 0.717) is 11.1 Å². The van der Waals surface area contributed by atoms with E-state index in [9.17, 15) is 9.59 Å². The number of aldehydes is 1. The maximum absolute atomic E-state index is 11.5. The van der Waals surface area contributed by atoms with Gasteiger partial charge in [0.15, 0.2) is 12.1 Å². The van der Waals surface area contributed by atoms with Gasteiger partial charge in [-0.05, 0) is 56.9 Å². The molecule has 0 aliphatic heterocycles. The molecule has 0 saturated carbocycles. The first kappa shape index (κ1) is 11.6. The highest BCUT2D eigenvalue weighted by Crippen LogP contribution is 2.25. The third-order valence-corrected chi connectivity index (χ3v) is 3.15. The predicted molar refractivity (Wildman–Crippen MR) is 60.8 cm³/mol. The lowest BCUT2D eigenvalue weighted by molar-refractivity contribution is 0.101. The molecule has 0 bridgehead atoms. The molecule has 80 valence electrons. The first-order valence-electron chi connectivity index (χ1n) is 4.98. The van der Waals surface area contributed by atoms with Crippen LogP contribution in [0.2, 0.25) is 0 Å². The van der Waals surface area contributed by atoms with Crippen molar-refractivity contribution in [3.63, 3.8) is 0 Å². The Morgan fingerprint density at radius 1 is 0.933 bits per heavy atom. The summed E-state index contributed by atoms with van der Waals surface area (Å²) >= 11 is 0. The van der Waals surface area contributed by atoms with Crippen molar-refractivity contribution in [1.82, 2.24) is 0 Å². The number of rotatable bonds is 2. The van der Waals surface area contributed by atoms with Crippen LogP contribution in [0.25, 0.3) is 0 Å². The third kappa shape index (κ3) is 1.72. The van der Waals surface area contributed by atoms with Gasteiger partial charge in [-0.2, -0.15) is 0 Å². The van der Waals surface area contributed by atoms with Gasteiger partial charge in [0.25, 0.3) is 0 Å². The van der Waals surface area contributed by atoms with Crippen molar-refractivity contribution in [3.8, 4) is 0 Å². The van der Waals surface area contributed by atoms with Gasteiger partial charge in [0.05, 0.1) is 0 Å². The third-order valence-electron chi connectivity index (χ3n) is 3.15. The minimum atomic E-state index is 0.0243. The molecule has 0 heterocycles. The van der Waals surface area contributed by atoms with Crippen LogP contribution in [0.3, 0.4) is 0 Å².